The molecule has 1 aromatic carbocycles. The molecule has 213 valence electrons. The fraction of sp³-hybridized carbons (Fsp3) is 0.500. The average Bonchev–Trinajstić information content (AvgIpc) is 3.51. The van der Waals surface area contributed by atoms with E-state index < -0.39 is 43.0 Å². The summed E-state index contributed by atoms with van der Waals surface area (Å²) in [5.41, 5.74) is 1.63. The van der Waals surface area contributed by atoms with Crippen LogP contribution in [0.15, 0.2) is 36.9 Å². The van der Waals surface area contributed by atoms with Crippen molar-refractivity contribution < 1.29 is 29.3 Å². The Bertz CT molecular complexity index is 1320. The molecule has 2 aromatic heterocycles. The van der Waals surface area contributed by atoms with Crippen molar-refractivity contribution >= 4 is 36.0 Å². The van der Waals surface area contributed by atoms with Crippen LogP contribution < -0.4 is 20.2 Å². The van der Waals surface area contributed by atoms with Gasteiger partial charge in [0.15, 0.2) is 23.2 Å². The Kier molecular flexibility index (Phi) is 9.35. The molecule has 1 aliphatic rings. The van der Waals surface area contributed by atoms with E-state index in [2.05, 4.69) is 25.5 Å². The number of aliphatic hydroxyl groups is 2. The largest absolute Gasteiger partial charge is 0.497 e. The third-order valence-electron chi connectivity index (χ3n) is 6.81. The summed E-state index contributed by atoms with van der Waals surface area (Å²) < 4.78 is 12.8. The highest BCUT2D eigenvalue weighted by Gasteiger charge is 2.46. The zero-order valence-electron chi connectivity index (χ0n) is 23.2. The number of carbonyl (C=O) groups is 2. The lowest BCUT2D eigenvalue weighted by molar-refractivity contribution is -0.124. The first-order chi connectivity index (χ1) is 19.1. The van der Waals surface area contributed by atoms with E-state index in [1.807, 2.05) is 26.2 Å². The van der Waals surface area contributed by atoms with Gasteiger partial charge in [-0.1, -0.05) is 26.0 Å². The highest BCUT2D eigenvalue weighted by atomic mass is 16.5. The quantitative estimate of drug-likeness (QED) is 0.217. The van der Waals surface area contributed by atoms with Gasteiger partial charge in [-0.3, -0.25) is 9.36 Å². The molecule has 1 amide bonds. The fourth-order valence-electron chi connectivity index (χ4n) is 4.50. The summed E-state index contributed by atoms with van der Waals surface area (Å²) in [7, 11) is 6.53. The van der Waals surface area contributed by atoms with E-state index in [1.165, 1.54) is 20.1 Å². The number of rotatable bonds is 12. The molecule has 1 radical (unpaired) electrons. The molecule has 40 heavy (non-hydrogen) atoms. The van der Waals surface area contributed by atoms with Crippen molar-refractivity contribution in [3.05, 3.63) is 42.5 Å². The Labute approximate surface area is 233 Å². The molecule has 1 saturated heterocycles. The topological polar surface area (TPSA) is 164 Å². The number of imidazole rings is 1. The summed E-state index contributed by atoms with van der Waals surface area (Å²) in [5.74, 6) is 0.559. The second-order valence-electron chi connectivity index (χ2n) is 10.2. The summed E-state index contributed by atoms with van der Waals surface area (Å²) in [5, 5.41) is 27.1. The van der Waals surface area contributed by atoms with Gasteiger partial charge in [-0.2, -0.15) is 0 Å². The molecule has 0 bridgehead atoms. The lowest BCUT2D eigenvalue weighted by Crippen LogP contribution is -2.56. The van der Waals surface area contributed by atoms with E-state index >= 15 is 0 Å². The van der Waals surface area contributed by atoms with Crippen LogP contribution in [-0.2, 0) is 20.7 Å². The summed E-state index contributed by atoms with van der Waals surface area (Å²) in [6, 6.07) is 5.45. The van der Waals surface area contributed by atoms with Gasteiger partial charge in [0.25, 0.3) is 7.41 Å². The van der Waals surface area contributed by atoms with E-state index in [-0.39, 0.29) is 18.0 Å². The molecule has 5 atom stereocenters. The molecule has 1 fully saturated rings. The number of hydrogen-bond donors (Lipinski definition) is 4. The van der Waals surface area contributed by atoms with Crippen LogP contribution in [0.2, 0.25) is 0 Å². The lowest BCUT2D eigenvalue weighted by atomic mass is 9.79. The van der Waals surface area contributed by atoms with Crippen LogP contribution in [0.25, 0.3) is 11.2 Å². The highest BCUT2D eigenvalue weighted by molar-refractivity contribution is 6.72. The van der Waals surface area contributed by atoms with Gasteiger partial charge in [-0.15, -0.1) is 0 Å². The van der Waals surface area contributed by atoms with Gasteiger partial charge in [0.1, 0.15) is 30.0 Å². The molecule has 14 heteroatoms. The van der Waals surface area contributed by atoms with Gasteiger partial charge in [0, 0.05) is 20.0 Å². The van der Waals surface area contributed by atoms with Crippen LogP contribution in [0.1, 0.15) is 25.6 Å². The summed E-state index contributed by atoms with van der Waals surface area (Å²) in [6.07, 6.45) is 0.0208. The summed E-state index contributed by atoms with van der Waals surface area (Å²) >= 11 is 0. The summed E-state index contributed by atoms with van der Waals surface area (Å²) in [4.78, 5) is 40.5. The number of fused-ring (bicyclic) bond motifs is 1. The van der Waals surface area contributed by atoms with Crippen molar-refractivity contribution in [2.45, 2.75) is 50.8 Å². The molecule has 13 nitrogen and oxygen atoms in total. The molecule has 0 saturated carbocycles. The van der Waals surface area contributed by atoms with E-state index in [1.54, 1.807) is 42.6 Å². The Balaban J connectivity index is 1.54. The van der Waals surface area contributed by atoms with Gasteiger partial charge in [-0.05, 0) is 24.1 Å². The number of ether oxygens (including phenoxy) is 2. The maximum absolute atomic E-state index is 13.5. The van der Waals surface area contributed by atoms with Crippen molar-refractivity contribution in [3.63, 3.8) is 0 Å². The first-order valence-corrected chi connectivity index (χ1v) is 13.0. The molecule has 0 aliphatic carbocycles. The second-order valence-corrected chi connectivity index (χ2v) is 10.2. The number of hydrogen-bond acceptors (Lipinski definition) is 11. The first kappa shape index (κ1) is 29.4. The normalized spacial score (nSPS) is 21.4. The third kappa shape index (κ3) is 6.25. The fourth-order valence-corrected chi connectivity index (χ4v) is 4.50. The van der Waals surface area contributed by atoms with Crippen molar-refractivity contribution in [2.24, 2.45) is 5.92 Å². The van der Waals surface area contributed by atoms with Crippen LogP contribution in [0.5, 0.6) is 5.75 Å². The van der Waals surface area contributed by atoms with Crippen molar-refractivity contribution in [1.29, 1.82) is 0 Å². The summed E-state index contributed by atoms with van der Waals surface area (Å²) in [6.45, 7) is 3.09. The van der Waals surface area contributed by atoms with E-state index in [9.17, 15) is 19.8 Å². The minimum Gasteiger partial charge on any atom is -0.497 e. The molecule has 3 unspecified atom stereocenters. The van der Waals surface area contributed by atoms with Gasteiger partial charge in [0.2, 0.25) is 5.91 Å². The molecule has 3 aromatic rings. The van der Waals surface area contributed by atoms with Crippen molar-refractivity contribution in [1.82, 2.24) is 30.1 Å². The number of methoxy groups -OCH3 is 1. The maximum Gasteiger partial charge on any atom is 0.296 e. The first-order valence-electron chi connectivity index (χ1n) is 13.0. The number of nitrogens with one attached hydrogen (secondary N) is 2. The van der Waals surface area contributed by atoms with E-state index in [0.717, 1.165) is 5.56 Å². The van der Waals surface area contributed by atoms with Gasteiger partial charge < -0.3 is 39.9 Å². The molecule has 4 rings (SSSR count). The zero-order valence-corrected chi connectivity index (χ0v) is 23.2. The van der Waals surface area contributed by atoms with Gasteiger partial charge in [0.05, 0.1) is 32.1 Å². The SMILES string of the molecule is COc1ccc(CC(N[B]C(=O)C(C)C)C(=O)NC2C(O)[C@@H](n3cnc4c(N(C)C)ncnc43)O[C@H]2CO)cc1. The minimum absolute atomic E-state index is 0.156. The number of carbonyl (C=O) groups excluding carboxylic acids is 2. The predicted molar refractivity (Wildman–Crippen MR) is 148 cm³/mol. The minimum atomic E-state index is -1.24. The third-order valence-corrected chi connectivity index (χ3v) is 6.81. The lowest BCUT2D eigenvalue weighted by Gasteiger charge is -2.25. The van der Waals surface area contributed by atoms with Gasteiger partial charge >= 0.3 is 0 Å². The molecular formula is C26H35BN7O6. The number of anilines is 1. The number of benzene rings is 1. The molecular weight excluding hydrogens is 517 g/mol. The van der Waals surface area contributed by atoms with Crippen LogP contribution in [0, 0.1) is 5.92 Å². The maximum atomic E-state index is 13.5. The zero-order chi connectivity index (χ0) is 29.0. The Morgan fingerprint density at radius 2 is 1.93 bits per heavy atom. The van der Waals surface area contributed by atoms with Crippen LogP contribution >= 0.6 is 0 Å². The number of aliphatic hydroxyl groups excluding tert-OH is 2. The molecule has 1 aliphatic heterocycles. The second kappa shape index (κ2) is 12.7. The smallest absolute Gasteiger partial charge is 0.296 e. The molecule has 3 heterocycles. The molecule has 0 spiro atoms. The number of nitrogens with zero attached hydrogens (tertiary/aromatic N) is 5. The Morgan fingerprint density at radius 1 is 1.20 bits per heavy atom. The molecule has 4 N–H and O–H groups in total. The average molecular weight is 552 g/mol. The van der Waals surface area contributed by atoms with Crippen LogP contribution in [0.3, 0.4) is 0 Å². The van der Waals surface area contributed by atoms with Crippen molar-refractivity contribution in [3.8, 4) is 5.75 Å². The monoisotopic (exact) mass is 552 g/mol. The Hall–Kier alpha value is -3.59. The van der Waals surface area contributed by atoms with Crippen LogP contribution in [-0.4, -0.2) is 101 Å². The number of amides is 1. The highest BCUT2D eigenvalue weighted by Crippen LogP contribution is 2.32. The standard InChI is InChI=1S/C26H35BN7O6/c1-14(2)22(37)27-32-17(10-15-6-8-16(39-5)9-7-15)25(38)31-19-18(11-35)40-26(21(19)36)34-13-30-20-23(33(3)4)28-12-29-24(20)34/h6-9,12-14,17-19,21,26,32,35-36H,10-11H2,1-5H3,(H,31,38)/t17?,18-,19?,21?,26-/m0/s1. The van der Waals surface area contributed by atoms with E-state index in [4.69, 9.17) is 9.47 Å². The van der Waals surface area contributed by atoms with E-state index in [0.29, 0.717) is 22.7 Å². The van der Waals surface area contributed by atoms with Crippen molar-refractivity contribution in [2.75, 3.05) is 32.7 Å². The van der Waals surface area contributed by atoms with Crippen LogP contribution in [0.4, 0.5) is 5.82 Å². The number of aromatic nitrogens is 4. The Morgan fingerprint density at radius 3 is 2.55 bits per heavy atom. The van der Waals surface area contributed by atoms with Gasteiger partial charge in [-0.25, -0.2) is 15.0 Å². The predicted octanol–water partition coefficient (Wildman–Crippen LogP) is -0.361.